The molecule has 0 aromatic heterocycles. The summed E-state index contributed by atoms with van der Waals surface area (Å²) in [6.07, 6.45) is 4.17. The minimum atomic E-state index is 0.855. The number of ether oxygens (including phenoxy) is 1. The van der Waals surface area contributed by atoms with Crippen LogP contribution in [0.3, 0.4) is 0 Å². The summed E-state index contributed by atoms with van der Waals surface area (Å²) in [6.45, 7) is 6.44. The fourth-order valence-corrected chi connectivity index (χ4v) is 1.72. The fraction of sp³-hybridized carbons (Fsp3) is 1.00. The molecule has 1 heterocycles. The molecular weight excluding hydrogens is 138 g/mol. The molecule has 0 saturated carbocycles. The molecule has 0 amide bonds. The summed E-state index contributed by atoms with van der Waals surface area (Å²) < 4.78 is 6.58. The van der Waals surface area contributed by atoms with E-state index in [2.05, 4.69) is 14.0 Å². The maximum absolute atomic E-state index is 5.45. The second-order valence-corrected chi connectivity index (χ2v) is 3.75. The Labute approximate surface area is 69.7 Å². The lowest BCUT2D eigenvalue weighted by Crippen LogP contribution is -2.49. The number of quaternary nitrogens is 1. The maximum Gasteiger partial charge on any atom is 0.182 e. The van der Waals surface area contributed by atoms with Crippen LogP contribution in [0.15, 0.2) is 0 Å². The van der Waals surface area contributed by atoms with Gasteiger partial charge in [-0.05, 0) is 26.2 Å². The number of hydrogen-bond donors (Lipinski definition) is 0. The molecule has 2 heteroatoms. The highest BCUT2D eigenvalue weighted by atomic mass is 16.5. The molecule has 1 aliphatic rings. The molecule has 1 rings (SSSR count). The topological polar surface area (TPSA) is 9.23 Å². The largest absolute Gasteiger partial charge is 0.332 e. The van der Waals surface area contributed by atoms with Crippen molar-refractivity contribution in [3.05, 3.63) is 0 Å². The predicted octanol–water partition coefficient (Wildman–Crippen LogP) is 1.61. The van der Waals surface area contributed by atoms with Crippen molar-refractivity contribution in [1.29, 1.82) is 0 Å². The number of piperidine rings is 1. The molecule has 1 saturated heterocycles. The van der Waals surface area contributed by atoms with Crippen molar-refractivity contribution in [2.24, 2.45) is 0 Å². The van der Waals surface area contributed by atoms with Crippen LogP contribution in [-0.4, -0.2) is 38.0 Å². The molecule has 66 valence electrons. The van der Waals surface area contributed by atoms with Crippen LogP contribution in [0.2, 0.25) is 0 Å². The lowest BCUT2D eigenvalue weighted by atomic mass is 10.1. The van der Waals surface area contributed by atoms with E-state index in [0.717, 1.165) is 17.8 Å². The van der Waals surface area contributed by atoms with Crippen LogP contribution in [0.4, 0.5) is 0 Å². The third-order valence-corrected chi connectivity index (χ3v) is 2.50. The van der Waals surface area contributed by atoms with E-state index >= 15 is 0 Å². The highest BCUT2D eigenvalue weighted by molar-refractivity contribution is 4.49. The highest BCUT2D eigenvalue weighted by Crippen LogP contribution is 2.15. The third kappa shape index (κ3) is 2.80. The Kier molecular flexibility index (Phi) is 3.34. The minimum Gasteiger partial charge on any atom is -0.332 e. The maximum atomic E-state index is 5.45. The first-order valence-electron chi connectivity index (χ1n) is 4.68. The molecule has 0 radical (unpaired) electrons. The van der Waals surface area contributed by atoms with E-state index in [4.69, 9.17) is 4.74 Å². The second kappa shape index (κ2) is 4.07. The van der Waals surface area contributed by atoms with Crippen LogP contribution >= 0.6 is 0 Å². The molecule has 2 nitrogen and oxygen atoms in total. The average molecular weight is 158 g/mol. The molecule has 0 aromatic carbocycles. The molecule has 1 fully saturated rings. The molecule has 11 heavy (non-hydrogen) atoms. The van der Waals surface area contributed by atoms with Gasteiger partial charge in [0.05, 0.1) is 20.1 Å². The lowest BCUT2D eigenvalue weighted by molar-refractivity contribution is -0.932. The quantitative estimate of drug-likeness (QED) is 0.567. The van der Waals surface area contributed by atoms with Crippen LogP contribution in [0.1, 0.15) is 26.2 Å². The molecule has 0 unspecified atom stereocenters. The number of nitrogens with zero attached hydrogens (tertiary/aromatic N) is 1. The summed E-state index contributed by atoms with van der Waals surface area (Å²) >= 11 is 0. The van der Waals surface area contributed by atoms with Gasteiger partial charge in [-0.2, -0.15) is 0 Å². The van der Waals surface area contributed by atoms with Crippen molar-refractivity contribution in [3.63, 3.8) is 0 Å². The third-order valence-electron chi connectivity index (χ3n) is 2.50. The first-order valence-corrected chi connectivity index (χ1v) is 4.68. The van der Waals surface area contributed by atoms with E-state index in [0.29, 0.717) is 0 Å². The second-order valence-electron chi connectivity index (χ2n) is 3.75. The van der Waals surface area contributed by atoms with Gasteiger partial charge in [0.15, 0.2) is 6.73 Å². The van der Waals surface area contributed by atoms with Crippen LogP contribution in [0.5, 0.6) is 0 Å². The normalized spacial score (nSPS) is 23.5. The minimum absolute atomic E-state index is 0.855. The van der Waals surface area contributed by atoms with Crippen molar-refractivity contribution in [1.82, 2.24) is 0 Å². The van der Waals surface area contributed by atoms with Gasteiger partial charge in [0, 0.05) is 6.61 Å². The van der Waals surface area contributed by atoms with E-state index in [1.54, 1.807) is 0 Å². The van der Waals surface area contributed by atoms with Crippen molar-refractivity contribution in [3.8, 4) is 0 Å². The summed E-state index contributed by atoms with van der Waals surface area (Å²) in [4.78, 5) is 0. The molecule has 0 spiro atoms. The number of hydrogen-bond acceptors (Lipinski definition) is 1. The van der Waals surface area contributed by atoms with Crippen LogP contribution in [0, 0.1) is 0 Å². The van der Waals surface area contributed by atoms with Gasteiger partial charge in [0.2, 0.25) is 0 Å². The molecule has 0 aliphatic carbocycles. The predicted molar refractivity (Wildman–Crippen MR) is 46.3 cm³/mol. The van der Waals surface area contributed by atoms with Crippen LogP contribution in [-0.2, 0) is 4.74 Å². The fourth-order valence-electron chi connectivity index (χ4n) is 1.72. The monoisotopic (exact) mass is 158 g/mol. The first-order chi connectivity index (χ1) is 5.27. The summed E-state index contributed by atoms with van der Waals surface area (Å²) in [5.74, 6) is 0. The van der Waals surface area contributed by atoms with E-state index < -0.39 is 0 Å². The Morgan fingerprint density at radius 1 is 1.18 bits per heavy atom. The summed E-state index contributed by atoms with van der Waals surface area (Å²) in [5, 5.41) is 0. The van der Waals surface area contributed by atoms with Crippen LogP contribution in [0.25, 0.3) is 0 Å². The Morgan fingerprint density at radius 3 is 2.36 bits per heavy atom. The summed E-state index contributed by atoms with van der Waals surface area (Å²) in [5.41, 5.74) is 0. The number of likely N-dealkylation sites (tertiary alicyclic amines) is 1. The Hall–Kier alpha value is -0.0800. The van der Waals surface area contributed by atoms with E-state index in [-0.39, 0.29) is 0 Å². The zero-order chi connectivity index (χ0) is 8.16. The Bertz CT molecular complexity index is 108. The molecule has 0 bridgehead atoms. The molecule has 0 aromatic rings. The summed E-state index contributed by atoms with van der Waals surface area (Å²) in [7, 11) is 2.30. The standard InChI is InChI=1S/C9H20NO/c1-3-11-9-10(2)7-5-4-6-8-10/h3-9H2,1-2H3/q+1. The first kappa shape index (κ1) is 9.01. The zero-order valence-corrected chi connectivity index (χ0v) is 7.81. The molecule has 0 N–H and O–H groups in total. The van der Waals surface area contributed by atoms with E-state index in [1.165, 1.54) is 32.4 Å². The zero-order valence-electron chi connectivity index (χ0n) is 7.81. The lowest BCUT2D eigenvalue weighted by Gasteiger charge is -2.36. The smallest absolute Gasteiger partial charge is 0.182 e. The van der Waals surface area contributed by atoms with Gasteiger partial charge in [0.1, 0.15) is 0 Å². The van der Waals surface area contributed by atoms with Crippen molar-refractivity contribution >= 4 is 0 Å². The average Bonchev–Trinajstić information content (AvgIpc) is 2.03. The van der Waals surface area contributed by atoms with Crippen molar-refractivity contribution in [2.75, 3.05) is 33.5 Å². The molecular formula is C9H20NO+. The highest BCUT2D eigenvalue weighted by Gasteiger charge is 2.23. The van der Waals surface area contributed by atoms with Gasteiger partial charge in [-0.1, -0.05) is 0 Å². The van der Waals surface area contributed by atoms with Gasteiger partial charge in [-0.3, -0.25) is 0 Å². The van der Waals surface area contributed by atoms with Gasteiger partial charge in [-0.15, -0.1) is 0 Å². The molecule has 0 atom stereocenters. The Morgan fingerprint density at radius 2 is 1.82 bits per heavy atom. The number of rotatable bonds is 3. The van der Waals surface area contributed by atoms with E-state index in [1.807, 2.05) is 0 Å². The van der Waals surface area contributed by atoms with Crippen molar-refractivity contribution < 1.29 is 9.22 Å². The van der Waals surface area contributed by atoms with Gasteiger partial charge in [-0.25, -0.2) is 0 Å². The van der Waals surface area contributed by atoms with Crippen molar-refractivity contribution in [2.45, 2.75) is 26.2 Å². The van der Waals surface area contributed by atoms with Gasteiger partial charge < -0.3 is 9.22 Å². The Balaban J connectivity index is 2.25. The SMILES string of the molecule is CCOC[N+]1(C)CCCCC1. The van der Waals surface area contributed by atoms with E-state index in [9.17, 15) is 0 Å². The molecule has 1 aliphatic heterocycles. The summed E-state index contributed by atoms with van der Waals surface area (Å²) in [6, 6.07) is 0. The van der Waals surface area contributed by atoms with Gasteiger partial charge >= 0.3 is 0 Å². The van der Waals surface area contributed by atoms with Crippen LogP contribution < -0.4 is 0 Å². The van der Waals surface area contributed by atoms with Gasteiger partial charge in [0.25, 0.3) is 0 Å².